The Kier molecular flexibility index (Phi) is 8.25. The molecule has 1 aliphatic heterocycles. The lowest BCUT2D eigenvalue weighted by atomic mass is 9.33. The molecule has 0 aromatic heterocycles. The summed E-state index contributed by atoms with van der Waals surface area (Å²) in [7, 11) is 0. The molecule has 0 bridgehead atoms. The molecule has 0 radical (unpaired) electrons. The zero-order valence-corrected chi connectivity index (χ0v) is 28.2. The monoisotopic (exact) mass is 634 g/mol. The van der Waals surface area contributed by atoms with Gasteiger partial charge in [0.25, 0.3) is 0 Å². The first-order valence-electron chi connectivity index (χ1n) is 17.4. The van der Waals surface area contributed by atoms with Gasteiger partial charge in [-0.15, -0.1) is 0 Å². The Balaban J connectivity index is 1.31. The fourth-order valence-electron chi connectivity index (χ4n) is 12.2. The minimum Gasteiger partial charge on any atom is -0.481 e. The molecule has 5 aliphatic carbocycles. The first kappa shape index (κ1) is 33.8. The fourth-order valence-corrected chi connectivity index (χ4v) is 12.2. The van der Waals surface area contributed by atoms with Crippen LogP contribution in [0.3, 0.4) is 0 Å². The van der Waals surface area contributed by atoms with E-state index >= 15 is 0 Å². The quantitative estimate of drug-likeness (QED) is 0.194. The molecule has 256 valence electrons. The third-order valence-electron chi connectivity index (χ3n) is 15.3. The van der Waals surface area contributed by atoms with Crippen molar-refractivity contribution in [1.29, 1.82) is 0 Å². The zero-order valence-electron chi connectivity index (χ0n) is 28.2. The number of hydrogen-bond acceptors (Lipinski definition) is 8. The first-order valence-corrected chi connectivity index (χ1v) is 17.4. The van der Waals surface area contributed by atoms with Crippen molar-refractivity contribution in [3.63, 3.8) is 0 Å². The topological polar surface area (TPSA) is 157 Å². The molecule has 6 rings (SSSR count). The van der Waals surface area contributed by atoms with E-state index in [0.29, 0.717) is 12.3 Å². The molecule has 9 nitrogen and oxygen atoms in total. The van der Waals surface area contributed by atoms with Gasteiger partial charge in [-0.3, -0.25) is 4.79 Å². The van der Waals surface area contributed by atoms with Crippen LogP contribution in [0.1, 0.15) is 106 Å². The molecule has 6 N–H and O–H groups in total. The van der Waals surface area contributed by atoms with Crippen molar-refractivity contribution in [2.24, 2.45) is 50.2 Å². The number of carbonyl (C=O) groups is 1. The predicted molar refractivity (Wildman–Crippen MR) is 167 cm³/mol. The van der Waals surface area contributed by atoms with Crippen molar-refractivity contribution < 1.29 is 44.9 Å². The second-order valence-corrected chi connectivity index (χ2v) is 17.7. The van der Waals surface area contributed by atoms with Gasteiger partial charge in [0.1, 0.15) is 24.4 Å². The van der Waals surface area contributed by atoms with Crippen LogP contribution in [0, 0.1) is 50.2 Å². The minimum absolute atomic E-state index is 0.0179. The molecule has 9 heteroatoms. The lowest BCUT2D eigenvalue weighted by molar-refractivity contribution is -0.333. The lowest BCUT2D eigenvalue weighted by Crippen LogP contribution is -2.67. The predicted octanol–water partition coefficient (Wildman–Crippen LogP) is 4.03. The van der Waals surface area contributed by atoms with Crippen LogP contribution in [-0.4, -0.2) is 86.6 Å². The highest BCUT2D eigenvalue weighted by atomic mass is 16.7. The van der Waals surface area contributed by atoms with Gasteiger partial charge in [-0.25, -0.2) is 0 Å². The van der Waals surface area contributed by atoms with Crippen LogP contribution in [-0.2, 0) is 14.3 Å². The van der Waals surface area contributed by atoms with E-state index in [9.17, 15) is 35.4 Å². The summed E-state index contributed by atoms with van der Waals surface area (Å²) in [5.41, 5.74) is -0.00794. The Bertz CT molecular complexity index is 1200. The van der Waals surface area contributed by atoms with Gasteiger partial charge >= 0.3 is 5.97 Å². The highest BCUT2D eigenvalue weighted by molar-refractivity contribution is 5.76. The molecule has 6 aliphatic rings. The number of aliphatic hydroxyl groups is 5. The van der Waals surface area contributed by atoms with Gasteiger partial charge in [-0.05, 0) is 104 Å². The Labute approximate surface area is 268 Å². The van der Waals surface area contributed by atoms with E-state index < -0.39 is 60.2 Å². The number of carboxylic acids is 1. The number of aliphatic carboxylic acids is 1. The van der Waals surface area contributed by atoms with E-state index in [1.54, 1.807) is 0 Å². The molecule has 1 heterocycles. The van der Waals surface area contributed by atoms with Gasteiger partial charge in [0.2, 0.25) is 0 Å². The number of carboxylic acid groups (broad SMARTS) is 1. The maximum Gasteiger partial charge on any atom is 0.310 e. The van der Waals surface area contributed by atoms with E-state index in [4.69, 9.17) is 9.47 Å². The molecule has 14 atom stereocenters. The third kappa shape index (κ3) is 4.61. The van der Waals surface area contributed by atoms with Crippen LogP contribution < -0.4 is 0 Å². The molecular formula is C36H58O9. The summed E-state index contributed by atoms with van der Waals surface area (Å²) in [4.78, 5) is 12.9. The molecular weight excluding hydrogens is 576 g/mol. The van der Waals surface area contributed by atoms with Crippen molar-refractivity contribution >= 4 is 5.97 Å². The van der Waals surface area contributed by atoms with Crippen LogP contribution in [0.15, 0.2) is 11.6 Å². The Hall–Kier alpha value is -1.07. The highest BCUT2D eigenvalue weighted by Crippen LogP contribution is 2.76. The number of fused-ring (bicyclic) bond motifs is 7. The van der Waals surface area contributed by atoms with Gasteiger partial charge in [0.05, 0.1) is 24.7 Å². The molecule has 5 fully saturated rings. The molecule has 0 spiro atoms. The third-order valence-corrected chi connectivity index (χ3v) is 15.3. The van der Waals surface area contributed by atoms with Crippen LogP contribution in [0.2, 0.25) is 0 Å². The van der Waals surface area contributed by atoms with Gasteiger partial charge < -0.3 is 40.1 Å². The number of rotatable bonds is 5. The van der Waals surface area contributed by atoms with E-state index in [1.165, 1.54) is 5.57 Å². The summed E-state index contributed by atoms with van der Waals surface area (Å²) in [5.74, 6) is -0.0763. The standard InChI is InChI=1S/C36H58O9/c1-31(2)13-15-36(30(42)43)16-14-34(5)20(21(36)17-31)7-8-24-32(3)11-10-25(33(4,19-38)23(32)9-12-35(24,34)6)45-29-28(41)27(40)26(39)22(18-37)44-29/h7,21-29,37-41H,8-19H2,1-6H3,(H,42,43)/t21-,22+,23+,24+,25-,26+,27-,28+,29?,32-,33-,34+,35+,36-/m0/s1. The Morgan fingerprint density at radius 1 is 0.889 bits per heavy atom. The molecule has 45 heavy (non-hydrogen) atoms. The Morgan fingerprint density at radius 2 is 1.58 bits per heavy atom. The second kappa shape index (κ2) is 11.0. The maximum atomic E-state index is 12.9. The van der Waals surface area contributed by atoms with Crippen molar-refractivity contribution in [1.82, 2.24) is 0 Å². The summed E-state index contributed by atoms with van der Waals surface area (Å²) in [5, 5.41) is 62.7. The highest BCUT2D eigenvalue weighted by Gasteiger charge is 2.70. The van der Waals surface area contributed by atoms with Gasteiger partial charge in [0, 0.05) is 5.41 Å². The van der Waals surface area contributed by atoms with Gasteiger partial charge in [0.15, 0.2) is 6.29 Å². The van der Waals surface area contributed by atoms with E-state index in [0.717, 1.165) is 57.8 Å². The summed E-state index contributed by atoms with van der Waals surface area (Å²) in [6.07, 6.45) is 3.78. The Morgan fingerprint density at radius 3 is 2.22 bits per heavy atom. The van der Waals surface area contributed by atoms with Gasteiger partial charge in [-0.2, -0.15) is 0 Å². The number of aliphatic hydroxyl groups excluding tert-OH is 5. The van der Waals surface area contributed by atoms with Gasteiger partial charge in [-0.1, -0.05) is 53.2 Å². The minimum atomic E-state index is -1.51. The lowest BCUT2D eigenvalue weighted by Gasteiger charge is -2.71. The van der Waals surface area contributed by atoms with E-state index in [1.807, 2.05) is 0 Å². The van der Waals surface area contributed by atoms with Crippen molar-refractivity contribution in [3.05, 3.63) is 11.6 Å². The number of ether oxygens (including phenoxy) is 2. The molecule has 4 saturated carbocycles. The van der Waals surface area contributed by atoms with Crippen LogP contribution in [0.4, 0.5) is 0 Å². The molecule has 0 aromatic rings. The smallest absolute Gasteiger partial charge is 0.310 e. The molecule has 0 amide bonds. The average molecular weight is 635 g/mol. The van der Waals surface area contributed by atoms with Crippen molar-refractivity contribution in [3.8, 4) is 0 Å². The maximum absolute atomic E-state index is 12.9. The summed E-state index contributed by atoms with van der Waals surface area (Å²) in [6, 6.07) is 0. The zero-order chi connectivity index (χ0) is 33.0. The SMILES string of the molecule is CC1(C)CC[C@]2(C(=O)O)CC[C@]3(C)C(=CC[C@@H]4[C@@]5(C)CC[C@H](OC6O[C@H](CO)[C@@H](O)[C@H](O)[C@H]6O)[C@@](C)(CO)[C@@H]5CC[C@]43C)[C@@H]2C1. The van der Waals surface area contributed by atoms with Crippen LogP contribution in [0.5, 0.6) is 0 Å². The molecule has 1 saturated heterocycles. The summed E-state index contributed by atoms with van der Waals surface area (Å²) in [6.45, 7) is 13.3. The van der Waals surface area contributed by atoms with Crippen molar-refractivity contribution in [2.75, 3.05) is 13.2 Å². The van der Waals surface area contributed by atoms with Crippen molar-refractivity contribution in [2.45, 2.75) is 143 Å². The van der Waals surface area contributed by atoms with E-state index in [-0.39, 0.29) is 40.1 Å². The largest absolute Gasteiger partial charge is 0.481 e. The molecule has 0 aromatic carbocycles. The first-order chi connectivity index (χ1) is 20.9. The average Bonchev–Trinajstić information content (AvgIpc) is 2.98. The number of hydrogen-bond donors (Lipinski definition) is 6. The summed E-state index contributed by atoms with van der Waals surface area (Å²) < 4.78 is 12.1. The molecule has 1 unspecified atom stereocenters. The summed E-state index contributed by atoms with van der Waals surface area (Å²) >= 11 is 0. The van der Waals surface area contributed by atoms with E-state index in [2.05, 4.69) is 47.6 Å². The fraction of sp³-hybridized carbons (Fsp3) is 0.917. The second-order valence-electron chi connectivity index (χ2n) is 17.7. The normalized spacial score (nSPS) is 54.1. The van der Waals surface area contributed by atoms with Crippen LogP contribution >= 0.6 is 0 Å². The number of allylic oxidation sites excluding steroid dienone is 2. The van der Waals surface area contributed by atoms with Crippen LogP contribution in [0.25, 0.3) is 0 Å².